The molecular weight excluding hydrogens is 407 g/mol. The van der Waals surface area contributed by atoms with Gasteiger partial charge in [0, 0.05) is 77.7 Å². The number of halogens is 1. The van der Waals surface area contributed by atoms with Crippen molar-refractivity contribution >= 4 is 11.6 Å². The van der Waals surface area contributed by atoms with Gasteiger partial charge in [0.25, 0.3) is 5.91 Å². The molecule has 2 aromatic carbocycles. The van der Waals surface area contributed by atoms with E-state index in [9.17, 15) is 9.18 Å². The minimum absolute atomic E-state index is 0.0231. The summed E-state index contributed by atoms with van der Waals surface area (Å²) in [7, 11) is 4.11. The summed E-state index contributed by atoms with van der Waals surface area (Å²) in [5.41, 5.74) is 3.08. The minimum Gasteiger partial charge on any atom is -0.378 e. The van der Waals surface area contributed by atoms with Gasteiger partial charge < -0.3 is 14.5 Å². The van der Waals surface area contributed by atoms with Gasteiger partial charge in [-0.25, -0.2) is 4.39 Å². The number of hydrogen-bond donors (Lipinski definition) is 0. The van der Waals surface area contributed by atoms with Crippen molar-refractivity contribution in [2.75, 3.05) is 71.4 Å². The Morgan fingerprint density at radius 1 is 0.969 bits per heavy atom. The second-order valence-electron chi connectivity index (χ2n) is 8.89. The van der Waals surface area contributed by atoms with E-state index >= 15 is 0 Å². The number of morpholine rings is 1. The summed E-state index contributed by atoms with van der Waals surface area (Å²) in [6, 6.07) is 14.5. The van der Waals surface area contributed by atoms with E-state index in [2.05, 4.69) is 53.1 Å². The third-order valence-corrected chi connectivity index (χ3v) is 6.29. The fraction of sp³-hybridized carbons (Fsp3) is 0.480. The Morgan fingerprint density at radius 3 is 2.31 bits per heavy atom. The molecule has 6 nitrogen and oxygen atoms in total. The van der Waals surface area contributed by atoms with E-state index in [1.807, 2.05) is 4.90 Å². The zero-order valence-electron chi connectivity index (χ0n) is 19.0. The lowest BCUT2D eigenvalue weighted by molar-refractivity contribution is -0.0497. The Balaban J connectivity index is 1.23. The van der Waals surface area contributed by atoms with Gasteiger partial charge in [0.15, 0.2) is 0 Å². The number of carbonyl (C=O) groups is 1. The van der Waals surface area contributed by atoms with Crippen LogP contribution >= 0.6 is 0 Å². The average molecular weight is 441 g/mol. The third kappa shape index (κ3) is 5.85. The molecule has 0 spiro atoms. The molecule has 0 aliphatic carbocycles. The lowest BCUT2D eigenvalue weighted by atomic mass is 10.1. The normalized spacial score (nSPS) is 20.3. The van der Waals surface area contributed by atoms with E-state index in [0.29, 0.717) is 18.7 Å². The number of rotatable bonds is 6. The van der Waals surface area contributed by atoms with E-state index < -0.39 is 0 Å². The molecule has 1 amide bonds. The van der Waals surface area contributed by atoms with Crippen LogP contribution in [0.3, 0.4) is 0 Å². The smallest absolute Gasteiger partial charge is 0.253 e. The molecule has 2 aliphatic rings. The maximum Gasteiger partial charge on any atom is 0.253 e. The van der Waals surface area contributed by atoms with Crippen molar-refractivity contribution in [2.45, 2.75) is 12.6 Å². The molecule has 4 rings (SSSR count). The Labute approximate surface area is 190 Å². The Kier molecular flexibility index (Phi) is 7.40. The molecule has 1 atom stereocenters. The van der Waals surface area contributed by atoms with Crippen LogP contribution in [-0.2, 0) is 11.3 Å². The van der Waals surface area contributed by atoms with E-state index in [1.54, 1.807) is 12.1 Å². The monoisotopic (exact) mass is 440 g/mol. The van der Waals surface area contributed by atoms with Crippen molar-refractivity contribution in [3.8, 4) is 0 Å². The molecule has 2 heterocycles. The fourth-order valence-corrected chi connectivity index (χ4v) is 4.39. The molecule has 32 heavy (non-hydrogen) atoms. The summed E-state index contributed by atoms with van der Waals surface area (Å²) in [4.78, 5) is 21.5. The highest BCUT2D eigenvalue weighted by molar-refractivity contribution is 5.94. The Bertz CT molecular complexity index is 880. The largest absolute Gasteiger partial charge is 0.378 e. The first-order valence-corrected chi connectivity index (χ1v) is 11.4. The predicted octanol–water partition coefficient (Wildman–Crippen LogP) is 2.55. The standard InChI is InChI=1S/C25H33FN4O2/c1-27(2)23-9-3-20(4-10-23)17-29-15-16-32-24(19-29)18-28-11-13-30(14-12-28)25(31)21-5-7-22(26)8-6-21/h3-10,24H,11-19H2,1-2H3. The molecule has 0 N–H and O–H groups in total. The molecule has 2 fully saturated rings. The molecule has 2 aliphatic heterocycles. The quantitative estimate of drug-likeness (QED) is 0.691. The van der Waals surface area contributed by atoms with E-state index in [-0.39, 0.29) is 17.8 Å². The van der Waals surface area contributed by atoms with Gasteiger partial charge in [-0.1, -0.05) is 12.1 Å². The number of anilines is 1. The topological polar surface area (TPSA) is 39.3 Å². The van der Waals surface area contributed by atoms with Crippen LogP contribution in [0.15, 0.2) is 48.5 Å². The lowest BCUT2D eigenvalue weighted by Crippen LogP contribution is -2.53. The van der Waals surface area contributed by atoms with Gasteiger partial charge in [-0.3, -0.25) is 14.6 Å². The second-order valence-corrected chi connectivity index (χ2v) is 8.89. The fourth-order valence-electron chi connectivity index (χ4n) is 4.39. The summed E-state index contributed by atoms with van der Waals surface area (Å²) >= 11 is 0. The number of benzene rings is 2. The van der Waals surface area contributed by atoms with E-state index in [4.69, 9.17) is 4.74 Å². The van der Waals surface area contributed by atoms with Crippen LogP contribution in [0.1, 0.15) is 15.9 Å². The van der Waals surface area contributed by atoms with Gasteiger partial charge in [-0.2, -0.15) is 0 Å². The molecule has 0 saturated carbocycles. The van der Waals surface area contributed by atoms with Crippen molar-refractivity contribution < 1.29 is 13.9 Å². The molecule has 2 saturated heterocycles. The summed E-state index contributed by atoms with van der Waals surface area (Å²) in [5, 5.41) is 0. The molecule has 172 valence electrons. The number of nitrogens with zero attached hydrogens (tertiary/aromatic N) is 4. The van der Waals surface area contributed by atoms with Crippen molar-refractivity contribution in [1.29, 1.82) is 0 Å². The van der Waals surface area contributed by atoms with Gasteiger partial charge in [0.2, 0.25) is 0 Å². The van der Waals surface area contributed by atoms with Gasteiger partial charge in [0.05, 0.1) is 12.7 Å². The summed E-state index contributed by atoms with van der Waals surface area (Å²) in [5.74, 6) is -0.344. The van der Waals surface area contributed by atoms with Crippen molar-refractivity contribution in [2.24, 2.45) is 0 Å². The molecule has 0 radical (unpaired) electrons. The maximum atomic E-state index is 13.1. The number of hydrogen-bond acceptors (Lipinski definition) is 5. The first-order valence-electron chi connectivity index (χ1n) is 11.4. The van der Waals surface area contributed by atoms with Gasteiger partial charge in [-0.15, -0.1) is 0 Å². The van der Waals surface area contributed by atoms with Crippen LogP contribution < -0.4 is 4.90 Å². The third-order valence-electron chi connectivity index (χ3n) is 6.29. The average Bonchev–Trinajstić information content (AvgIpc) is 2.80. The number of carbonyl (C=O) groups excluding carboxylic acids is 1. The van der Waals surface area contributed by atoms with Crippen LogP contribution in [-0.4, -0.2) is 93.2 Å². The molecule has 0 aromatic heterocycles. The second kappa shape index (κ2) is 10.4. The minimum atomic E-state index is -0.321. The summed E-state index contributed by atoms with van der Waals surface area (Å²) in [6.45, 7) is 7.48. The van der Waals surface area contributed by atoms with Crippen LogP contribution in [0, 0.1) is 5.82 Å². The van der Waals surface area contributed by atoms with E-state index in [1.165, 1.54) is 23.4 Å². The van der Waals surface area contributed by atoms with E-state index in [0.717, 1.165) is 45.9 Å². The van der Waals surface area contributed by atoms with Crippen molar-refractivity contribution in [3.05, 3.63) is 65.5 Å². The van der Waals surface area contributed by atoms with Crippen LogP contribution in [0.25, 0.3) is 0 Å². The lowest BCUT2D eigenvalue weighted by Gasteiger charge is -2.39. The van der Waals surface area contributed by atoms with Crippen LogP contribution in [0.4, 0.5) is 10.1 Å². The predicted molar refractivity (Wildman–Crippen MR) is 125 cm³/mol. The number of ether oxygens (including phenoxy) is 1. The van der Waals surface area contributed by atoms with Crippen LogP contribution in [0.2, 0.25) is 0 Å². The first-order chi connectivity index (χ1) is 15.5. The van der Waals surface area contributed by atoms with Gasteiger partial charge >= 0.3 is 0 Å². The highest BCUT2D eigenvalue weighted by Gasteiger charge is 2.27. The summed E-state index contributed by atoms with van der Waals surface area (Å²) < 4.78 is 19.2. The van der Waals surface area contributed by atoms with Crippen molar-refractivity contribution in [3.63, 3.8) is 0 Å². The molecule has 7 heteroatoms. The zero-order chi connectivity index (χ0) is 22.5. The highest BCUT2D eigenvalue weighted by Crippen LogP contribution is 2.17. The van der Waals surface area contributed by atoms with Crippen molar-refractivity contribution in [1.82, 2.24) is 14.7 Å². The molecular formula is C25H33FN4O2. The number of amides is 1. The molecule has 1 unspecified atom stereocenters. The molecule has 0 bridgehead atoms. The molecule has 2 aromatic rings. The SMILES string of the molecule is CN(C)c1ccc(CN2CCOC(CN3CCN(C(=O)c4ccc(F)cc4)CC3)C2)cc1. The maximum absolute atomic E-state index is 13.1. The van der Waals surface area contributed by atoms with Crippen LogP contribution in [0.5, 0.6) is 0 Å². The Hall–Kier alpha value is -2.48. The number of piperazine rings is 1. The van der Waals surface area contributed by atoms with Gasteiger partial charge in [-0.05, 0) is 42.0 Å². The zero-order valence-corrected chi connectivity index (χ0v) is 19.0. The summed E-state index contributed by atoms with van der Waals surface area (Å²) in [6.07, 6.45) is 0.184. The highest BCUT2D eigenvalue weighted by atomic mass is 19.1. The van der Waals surface area contributed by atoms with Gasteiger partial charge in [0.1, 0.15) is 5.82 Å². The first kappa shape index (κ1) is 22.7. The Morgan fingerprint density at radius 2 is 1.66 bits per heavy atom.